The van der Waals surface area contributed by atoms with Gasteiger partial charge in [-0.1, -0.05) is 48.0 Å². The molecule has 2 aromatic carbocycles. The summed E-state index contributed by atoms with van der Waals surface area (Å²) in [5, 5.41) is 13.8. The van der Waals surface area contributed by atoms with Crippen LogP contribution in [0, 0.1) is 0 Å². The molecule has 0 aliphatic carbocycles. The van der Waals surface area contributed by atoms with Gasteiger partial charge in [0.1, 0.15) is 0 Å². The summed E-state index contributed by atoms with van der Waals surface area (Å²) in [6.45, 7) is 7.21. The monoisotopic (exact) mass is 428 g/mol. The molecule has 0 spiro atoms. The first-order valence-corrected chi connectivity index (χ1v) is 11.1. The van der Waals surface area contributed by atoms with Crippen molar-refractivity contribution in [2.45, 2.75) is 45.5 Å². The zero-order chi connectivity index (χ0) is 21.3. The Morgan fingerprint density at radius 3 is 2.30 bits per heavy atom. The van der Waals surface area contributed by atoms with Crippen LogP contribution in [0.3, 0.4) is 0 Å². The molecular formula is C24H33ClN4O. The summed E-state index contributed by atoms with van der Waals surface area (Å²) in [6, 6.07) is 16.7. The van der Waals surface area contributed by atoms with Crippen LogP contribution < -0.4 is 5.32 Å². The average Bonchev–Trinajstić information content (AvgIpc) is 2.75. The lowest BCUT2D eigenvalue weighted by Gasteiger charge is -2.29. The molecule has 6 heteroatoms. The number of hydrogen-bond donors (Lipinski definition) is 2. The van der Waals surface area contributed by atoms with Crippen LogP contribution in [0.1, 0.15) is 36.5 Å². The second-order valence-corrected chi connectivity index (χ2v) is 8.41. The Kier molecular flexibility index (Phi) is 8.55. The number of nitrogens with zero attached hydrogens (tertiary/aromatic N) is 3. The van der Waals surface area contributed by atoms with Crippen LogP contribution in [0.5, 0.6) is 0 Å². The van der Waals surface area contributed by atoms with Gasteiger partial charge in [0, 0.05) is 44.8 Å². The van der Waals surface area contributed by atoms with Crippen molar-refractivity contribution in [2.24, 2.45) is 4.99 Å². The van der Waals surface area contributed by atoms with Crippen molar-refractivity contribution in [3.63, 3.8) is 0 Å². The smallest absolute Gasteiger partial charge is 0.194 e. The van der Waals surface area contributed by atoms with Gasteiger partial charge in [-0.15, -0.1) is 0 Å². The lowest BCUT2D eigenvalue weighted by molar-refractivity contribution is 0.0792. The Labute approximate surface area is 185 Å². The number of guanidine groups is 1. The third-order valence-corrected chi connectivity index (χ3v) is 5.68. The molecule has 0 saturated carbocycles. The number of nitrogens with one attached hydrogen (secondary N) is 1. The highest BCUT2D eigenvalue weighted by atomic mass is 35.5. The van der Waals surface area contributed by atoms with E-state index < -0.39 is 0 Å². The zero-order valence-corrected chi connectivity index (χ0v) is 18.8. The van der Waals surface area contributed by atoms with Crippen LogP contribution in [-0.2, 0) is 19.6 Å². The van der Waals surface area contributed by atoms with Crippen LogP contribution in [0.2, 0.25) is 5.02 Å². The molecule has 3 rings (SSSR count). The molecule has 0 radical (unpaired) electrons. The second kappa shape index (κ2) is 11.3. The first-order chi connectivity index (χ1) is 14.5. The molecular weight excluding hydrogens is 396 g/mol. The van der Waals surface area contributed by atoms with Gasteiger partial charge in [0.2, 0.25) is 0 Å². The lowest BCUT2D eigenvalue weighted by Crippen LogP contribution is -2.38. The Hall–Kier alpha value is -2.08. The highest BCUT2D eigenvalue weighted by Crippen LogP contribution is 2.15. The number of aliphatic hydroxyl groups excluding tert-OH is 1. The van der Waals surface area contributed by atoms with Crippen molar-refractivity contribution in [1.82, 2.24) is 15.1 Å². The molecule has 162 valence electrons. The van der Waals surface area contributed by atoms with E-state index in [4.69, 9.17) is 16.6 Å². The van der Waals surface area contributed by atoms with Crippen LogP contribution in [0.25, 0.3) is 0 Å². The highest BCUT2D eigenvalue weighted by molar-refractivity contribution is 6.30. The fourth-order valence-electron chi connectivity index (χ4n) is 3.66. The average molecular weight is 429 g/mol. The zero-order valence-electron chi connectivity index (χ0n) is 18.0. The summed E-state index contributed by atoms with van der Waals surface area (Å²) in [6.07, 6.45) is 1.64. The molecule has 0 unspecified atom stereocenters. The number of piperidine rings is 1. The number of aliphatic hydroxyl groups is 1. The summed E-state index contributed by atoms with van der Waals surface area (Å²) >= 11 is 5.99. The van der Waals surface area contributed by atoms with Crippen LogP contribution >= 0.6 is 11.6 Å². The molecule has 30 heavy (non-hydrogen) atoms. The van der Waals surface area contributed by atoms with Crippen LogP contribution in [0.15, 0.2) is 53.5 Å². The molecule has 5 nitrogen and oxygen atoms in total. The van der Waals surface area contributed by atoms with Gasteiger partial charge in [-0.3, -0.25) is 4.90 Å². The number of aliphatic imine (C=N–C) groups is 1. The van der Waals surface area contributed by atoms with E-state index in [1.807, 2.05) is 24.3 Å². The Morgan fingerprint density at radius 1 is 1.07 bits per heavy atom. The highest BCUT2D eigenvalue weighted by Gasteiger charge is 2.16. The SMILES string of the molecule is CCNC(=NCc1ccc(CN2CCC(O)CC2)cc1)N(C)Cc1ccc(Cl)cc1. The topological polar surface area (TPSA) is 51.1 Å². The van der Waals surface area contributed by atoms with Crippen molar-refractivity contribution in [1.29, 1.82) is 0 Å². The Morgan fingerprint density at radius 2 is 1.67 bits per heavy atom. The minimum absolute atomic E-state index is 0.120. The molecule has 1 aliphatic rings. The van der Waals surface area contributed by atoms with E-state index in [1.165, 1.54) is 16.7 Å². The first kappa shape index (κ1) is 22.6. The molecule has 2 aromatic rings. The normalized spacial score (nSPS) is 15.9. The van der Waals surface area contributed by atoms with Gasteiger partial charge in [-0.2, -0.15) is 0 Å². The summed E-state index contributed by atoms with van der Waals surface area (Å²) in [7, 11) is 2.05. The van der Waals surface area contributed by atoms with E-state index in [1.54, 1.807) is 0 Å². The van der Waals surface area contributed by atoms with Gasteiger partial charge in [-0.25, -0.2) is 4.99 Å². The van der Waals surface area contributed by atoms with E-state index in [0.29, 0.717) is 6.54 Å². The predicted octanol–water partition coefficient (Wildman–Crippen LogP) is 3.89. The summed E-state index contributed by atoms with van der Waals surface area (Å²) in [5.74, 6) is 0.892. The maximum atomic E-state index is 9.65. The number of benzene rings is 2. The third-order valence-electron chi connectivity index (χ3n) is 5.43. The maximum absolute atomic E-state index is 9.65. The fourth-order valence-corrected chi connectivity index (χ4v) is 3.79. The minimum Gasteiger partial charge on any atom is -0.393 e. The van der Waals surface area contributed by atoms with Crippen molar-refractivity contribution in [2.75, 3.05) is 26.7 Å². The summed E-state index contributed by atoms with van der Waals surface area (Å²) in [5.41, 5.74) is 3.70. The number of hydrogen-bond acceptors (Lipinski definition) is 3. The van der Waals surface area contributed by atoms with Crippen molar-refractivity contribution < 1.29 is 5.11 Å². The molecule has 1 heterocycles. The van der Waals surface area contributed by atoms with Crippen LogP contribution in [0.4, 0.5) is 0 Å². The van der Waals surface area contributed by atoms with Gasteiger partial charge in [-0.05, 0) is 48.6 Å². The minimum atomic E-state index is -0.120. The predicted molar refractivity (Wildman–Crippen MR) is 125 cm³/mol. The molecule has 0 amide bonds. The molecule has 1 saturated heterocycles. The van der Waals surface area contributed by atoms with Crippen molar-refractivity contribution >= 4 is 17.6 Å². The molecule has 2 N–H and O–H groups in total. The van der Waals surface area contributed by atoms with Gasteiger partial charge >= 0.3 is 0 Å². The van der Waals surface area contributed by atoms with Crippen molar-refractivity contribution in [3.05, 3.63) is 70.2 Å². The Bertz CT molecular complexity index is 799. The van der Waals surface area contributed by atoms with E-state index in [0.717, 1.165) is 56.5 Å². The molecule has 0 aromatic heterocycles. The number of likely N-dealkylation sites (tertiary alicyclic amines) is 1. The van der Waals surface area contributed by atoms with Crippen molar-refractivity contribution in [3.8, 4) is 0 Å². The lowest BCUT2D eigenvalue weighted by atomic mass is 10.1. The number of rotatable bonds is 7. The van der Waals surface area contributed by atoms with E-state index in [2.05, 4.69) is 53.4 Å². The molecule has 1 fully saturated rings. The maximum Gasteiger partial charge on any atom is 0.194 e. The van der Waals surface area contributed by atoms with E-state index >= 15 is 0 Å². The molecule has 1 aliphatic heterocycles. The standard InChI is InChI=1S/C24H33ClN4O/c1-3-26-24(28(2)17-20-8-10-22(25)11-9-20)27-16-19-4-6-21(7-5-19)18-29-14-12-23(30)13-15-29/h4-11,23,30H,3,12-18H2,1-2H3,(H,26,27). The third kappa shape index (κ3) is 7.01. The van der Waals surface area contributed by atoms with Gasteiger partial charge in [0.15, 0.2) is 5.96 Å². The first-order valence-electron chi connectivity index (χ1n) is 10.8. The molecule has 0 bridgehead atoms. The van der Waals surface area contributed by atoms with Gasteiger partial charge in [0.25, 0.3) is 0 Å². The largest absolute Gasteiger partial charge is 0.393 e. The fraction of sp³-hybridized carbons (Fsp3) is 0.458. The quantitative estimate of drug-likeness (QED) is 0.518. The van der Waals surface area contributed by atoms with Gasteiger partial charge in [0.05, 0.1) is 12.6 Å². The van der Waals surface area contributed by atoms with Gasteiger partial charge < -0.3 is 15.3 Å². The summed E-state index contributed by atoms with van der Waals surface area (Å²) < 4.78 is 0. The second-order valence-electron chi connectivity index (χ2n) is 7.98. The Balaban J connectivity index is 1.56. The number of halogens is 1. The van der Waals surface area contributed by atoms with Crippen LogP contribution in [-0.4, -0.2) is 53.7 Å². The molecule has 0 atom stereocenters. The summed E-state index contributed by atoms with van der Waals surface area (Å²) in [4.78, 5) is 9.36. The van der Waals surface area contributed by atoms with E-state index in [9.17, 15) is 5.11 Å². The van der Waals surface area contributed by atoms with E-state index in [-0.39, 0.29) is 6.10 Å².